The summed E-state index contributed by atoms with van der Waals surface area (Å²) < 4.78 is 0. The number of amides is 2. The number of nitrogens with zero attached hydrogens (tertiary/aromatic N) is 3. The van der Waals surface area contributed by atoms with E-state index in [9.17, 15) is 19.7 Å². The van der Waals surface area contributed by atoms with Gasteiger partial charge in [0.15, 0.2) is 0 Å². The van der Waals surface area contributed by atoms with Crippen LogP contribution in [0.15, 0.2) is 47.6 Å². The molecule has 2 aromatic carbocycles. The third-order valence-electron chi connectivity index (χ3n) is 3.75. The predicted octanol–water partition coefficient (Wildman–Crippen LogP) is 3.04. The fourth-order valence-electron chi connectivity index (χ4n) is 2.38. The molecule has 0 aliphatic carbocycles. The van der Waals surface area contributed by atoms with Crippen LogP contribution in [0.2, 0.25) is 5.02 Å². The summed E-state index contributed by atoms with van der Waals surface area (Å²) in [5.74, 6) is -0.744. The van der Waals surface area contributed by atoms with Gasteiger partial charge < -0.3 is 5.32 Å². The first kappa shape index (κ1) is 17.6. The van der Waals surface area contributed by atoms with E-state index in [-0.39, 0.29) is 29.4 Å². The number of nitro benzene ring substituents is 1. The second-order valence-corrected chi connectivity index (χ2v) is 6.03. The van der Waals surface area contributed by atoms with Crippen LogP contribution in [0.3, 0.4) is 0 Å². The minimum Gasteiger partial charge on any atom is -0.308 e. The number of nitro groups is 1. The lowest BCUT2D eigenvalue weighted by Gasteiger charge is -2.12. The Balaban J connectivity index is 1.79. The summed E-state index contributed by atoms with van der Waals surface area (Å²) in [6, 6.07) is 10.4. The van der Waals surface area contributed by atoms with Crippen molar-refractivity contribution in [2.24, 2.45) is 5.10 Å². The molecule has 8 nitrogen and oxygen atoms in total. The topological polar surface area (TPSA) is 105 Å². The van der Waals surface area contributed by atoms with Crippen LogP contribution in [-0.2, 0) is 4.79 Å². The van der Waals surface area contributed by atoms with Gasteiger partial charge >= 0.3 is 0 Å². The summed E-state index contributed by atoms with van der Waals surface area (Å²) >= 11 is 6.07. The van der Waals surface area contributed by atoms with Crippen LogP contribution in [0, 0.1) is 17.0 Å². The van der Waals surface area contributed by atoms with Crippen LogP contribution in [0.25, 0.3) is 0 Å². The lowest BCUT2D eigenvalue weighted by atomic mass is 10.2. The number of amidine groups is 1. The highest BCUT2D eigenvalue weighted by atomic mass is 35.5. The molecule has 0 aromatic heterocycles. The molecule has 1 aliphatic heterocycles. The van der Waals surface area contributed by atoms with Gasteiger partial charge in [0.2, 0.25) is 0 Å². The van der Waals surface area contributed by atoms with Gasteiger partial charge in [-0.15, -0.1) is 0 Å². The standard InChI is InChI=1S/C17H13ClN4O4/c1-10-5-6-12(8-14(10)18)21-16(23)9-15(20-21)19-17(24)11-3-2-4-13(7-11)22(25)26/h2-8H,9H2,1H3,(H,19,20,24). The highest BCUT2D eigenvalue weighted by Gasteiger charge is 2.27. The molecule has 0 unspecified atom stereocenters. The number of hydrogen-bond donors (Lipinski definition) is 1. The van der Waals surface area contributed by atoms with Crippen LogP contribution in [0.5, 0.6) is 0 Å². The molecule has 0 atom stereocenters. The Labute approximate surface area is 153 Å². The average Bonchev–Trinajstić information content (AvgIpc) is 2.97. The maximum Gasteiger partial charge on any atom is 0.270 e. The summed E-state index contributed by atoms with van der Waals surface area (Å²) in [4.78, 5) is 34.6. The molecule has 1 heterocycles. The first-order chi connectivity index (χ1) is 12.3. The van der Waals surface area contributed by atoms with Crippen LogP contribution in [0.1, 0.15) is 22.3 Å². The fraction of sp³-hybridized carbons (Fsp3) is 0.118. The van der Waals surface area contributed by atoms with Gasteiger partial charge in [0.25, 0.3) is 17.5 Å². The largest absolute Gasteiger partial charge is 0.308 e. The predicted molar refractivity (Wildman–Crippen MR) is 96.3 cm³/mol. The van der Waals surface area contributed by atoms with Gasteiger partial charge in [-0.05, 0) is 30.7 Å². The second kappa shape index (κ2) is 6.93. The van der Waals surface area contributed by atoms with E-state index in [0.29, 0.717) is 10.7 Å². The highest BCUT2D eigenvalue weighted by Crippen LogP contribution is 2.26. The molecule has 0 radical (unpaired) electrons. The zero-order valence-electron chi connectivity index (χ0n) is 13.6. The second-order valence-electron chi connectivity index (χ2n) is 5.62. The van der Waals surface area contributed by atoms with Crippen LogP contribution in [-0.4, -0.2) is 22.6 Å². The van der Waals surface area contributed by atoms with Crippen molar-refractivity contribution in [3.05, 3.63) is 68.7 Å². The van der Waals surface area contributed by atoms with Gasteiger partial charge in [0.1, 0.15) is 5.84 Å². The summed E-state index contributed by atoms with van der Waals surface area (Å²) in [7, 11) is 0. The highest BCUT2D eigenvalue weighted by molar-refractivity contribution is 6.31. The normalized spacial score (nSPS) is 13.5. The van der Waals surface area contributed by atoms with Gasteiger partial charge in [0.05, 0.1) is 17.0 Å². The Morgan fingerprint density at radius 3 is 2.77 bits per heavy atom. The third kappa shape index (κ3) is 3.55. The maximum atomic E-state index is 12.3. The minimum absolute atomic E-state index is 0.0911. The molecular weight excluding hydrogens is 360 g/mol. The van der Waals surface area contributed by atoms with Gasteiger partial charge in [-0.1, -0.05) is 23.7 Å². The molecule has 0 saturated heterocycles. The van der Waals surface area contributed by atoms with Crippen molar-refractivity contribution in [2.75, 3.05) is 5.01 Å². The van der Waals surface area contributed by atoms with Gasteiger partial charge in [0, 0.05) is 22.7 Å². The summed E-state index contributed by atoms with van der Waals surface area (Å²) in [6.07, 6.45) is -0.0911. The third-order valence-corrected chi connectivity index (χ3v) is 4.16. The first-order valence-corrected chi connectivity index (χ1v) is 7.95. The number of carbonyl (C=O) groups excluding carboxylic acids is 2. The molecular formula is C17H13ClN4O4. The zero-order valence-corrected chi connectivity index (χ0v) is 14.4. The summed E-state index contributed by atoms with van der Waals surface area (Å²) in [5.41, 5.74) is 1.26. The Morgan fingerprint density at radius 2 is 2.08 bits per heavy atom. The monoisotopic (exact) mass is 372 g/mol. The van der Waals surface area contributed by atoms with Crippen molar-refractivity contribution in [1.82, 2.24) is 5.32 Å². The van der Waals surface area contributed by atoms with E-state index in [4.69, 9.17) is 11.6 Å². The first-order valence-electron chi connectivity index (χ1n) is 7.57. The van der Waals surface area contributed by atoms with Crippen molar-refractivity contribution in [2.45, 2.75) is 13.3 Å². The van der Waals surface area contributed by atoms with E-state index >= 15 is 0 Å². The number of carbonyl (C=O) groups is 2. The molecule has 0 saturated carbocycles. The lowest BCUT2D eigenvalue weighted by molar-refractivity contribution is -0.384. The number of anilines is 1. The minimum atomic E-state index is -0.587. The zero-order chi connectivity index (χ0) is 18.8. The number of nitrogens with one attached hydrogen (secondary N) is 1. The van der Waals surface area contributed by atoms with Crippen molar-refractivity contribution in [3.8, 4) is 0 Å². The maximum absolute atomic E-state index is 12.3. The van der Waals surface area contributed by atoms with Crippen molar-refractivity contribution in [3.63, 3.8) is 0 Å². The Kier molecular flexibility index (Phi) is 4.68. The molecule has 2 aromatic rings. The average molecular weight is 373 g/mol. The molecule has 3 rings (SSSR count). The van der Waals surface area contributed by atoms with E-state index < -0.39 is 10.8 Å². The molecule has 26 heavy (non-hydrogen) atoms. The fourth-order valence-corrected chi connectivity index (χ4v) is 2.55. The molecule has 2 amide bonds. The lowest BCUT2D eigenvalue weighted by Crippen LogP contribution is -2.29. The quantitative estimate of drug-likeness (QED) is 0.660. The van der Waals surface area contributed by atoms with E-state index in [2.05, 4.69) is 10.4 Å². The van der Waals surface area contributed by atoms with Crippen molar-refractivity contribution >= 4 is 40.6 Å². The molecule has 1 aliphatic rings. The van der Waals surface area contributed by atoms with E-state index in [1.807, 2.05) is 6.92 Å². The van der Waals surface area contributed by atoms with E-state index in [1.54, 1.807) is 18.2 Å². The number of hydrazone groups is 1. The van der Waals surface area contributed by atoms with Crippen LogP contribution >= 0.6 is 11.6 Å². The van der Waals surface area contributed by atoms with Gasteiger partial charge in [-0.2, -0.15) is 10.1 Å². The molecule has 132 valence electrons. The van der Waals surface area contributed by atoms with Gasteiger partial charge in [-0.3, -0.25) is 19.7 Å². The number of benzene rings is 2. The smallest absolute Gasteiger partial charge is 0.270 e. The number of rotatable bonds is 3. The Morgan fingerprint density at radius 1 is 1.31 bits per heavy atom. The van der Waals surface area contributed by atoms with E-state index in [1.165, 1.54) is 18.2 Å². The SMILES string of the molecule is Cc1ccc(N2N=C(NC(=O)c3cccc([N+](=O)[O-])c3)CC2=O)cc1Cl. The molecule has 0 spiro atoms. The molecule has 0 bridgehead atoms. The van der Waals surface area contributed by atoms with Crippen LogP contribution in [0.4, 0.5) is 11.4 Å². The number of aryl methyl sites for hydroxylation is 1. The number of non-ortho nitro benzene ring substituents is 1. The summed E-state index contributed by atoms with van der Waals surface area (Å²) in [5, 5.41) is 19.1. The van der Waals surface area contributed by atoms with Gasteiger partial charge in [-0.25, -0.2) is 0 Å². The van der Waals surface area contributed by atoms with Crippen molar-refractivity contribution in [1.29, 1.82) is 0 Å². The Bertz CT molecular complexity index is 958. The number of hydrogen-bond acceptors (Lipinski definition) is 5. The van der Waals surface area contributed by atoms with E-state index in [0.717, 1.165) is 16.6 Å². The molecule has 9 heteroatoms. The van der Waals surface area contributed by atoms with Crippen LogP contribution < -0.4 is 10.3 Å². The summed E-state index contributed by atoms with van der Waals surface area (Å²) in [6.45, 7) is 1.84. The number of halogens is 1. The van der Waals surface area contributed by atoms with Crippen molar-refractivity contribution < 1.29 is 14.5 Å². The Hall–Kier alpha value is -3.26. The molecule has 0 fully saturated rings. The molecule has 1 N–H and O–H groups in total.